The molecule has 0 saturated carbocycles. The fourth-order valence-corrected chi connectivity index (χ4v) is 1.17. The molecule has 1 aromatic carbocycles. The van der Waals surface area contributed by atoms with Crippen molar-refractivity contribution in [1.82, 2.24) is 5.48 Å². The van der Waals surface area contributed by atoms with Crippen molar-refractivity contribution in [3.63, 3.8) is 0 Å². The monoisotopic (exact) mass is 230 g/mol. The van der Waals surface area contributed by atoms with Gasteiger partial charge in [-0.05, 0) is 18.2 Å². The van der Waals surface area contributed by atoms with E-state index in [4.69, 9.17) is 16.8 Å². The number of hydrogen-bond donors (Lipinski definition) is 4. The predicted molar refractivity (Wildman–Crippen MR) is 55.9 cm³/mol. The van der Waals surface area contributed by atoms with E-state index >= 15 is 0 Å². The summed E-state index contributed by atoms with van der Waals surface area (Å²) in [5.74, 6) is -0.857. The van der Waals surface area contributed by atoms with Crippen LogP contribution in [0.15, 0.2) is 24.3 Å². The van der Waals surface area contributed by atoms with Crippen molar-refractivity contribution >= 4 is 23.2 Å². The van der Waals surface area contributed by atoms with E-state index in [1.807, 2.05) is 0 Å². The maximum absolute atomic E-state index is 10.7. The van der Waals surface area contributed by atoms with Gasteiger partial charge in [0.05, 0.1) is 0 Å². The van der Waals surface area contributed by atoms with Gasteiger partial charge in [0, 0.05) is 17.3 Å². The average molecular weight is 231 g/mol. The lowest BCUT2D eigenvalue weighted by molar-refractivity contribution is -0.137. The number of amides is 1. The van der Waals surface area contributed by atoms with Crippen LogP contribution >= 0.6 is 11.6 Å². The van der Waals surface area contributed by atoms with Crippen LogP contribution < -0.4 is 10.8 Å². The average Bonchev–Trinajstić information content (AvgIpc) is 2.25. The van der Waals surface area contributed by atoms with Crippen molar-refractivity contribution in [2.75, 3.05) is 11.9 Å². The third kappa shape index (κ3) is 3.75. The highest BCUT2D eigenvalue weighted by Crippen LogP contribution is 2.14. The summed E-state index contributed by atoms with van der Waals surface area (Å²) in [6, 6.07) is 6.85. The number of halogens is 1. The van der Waals surface area contributed by atoms with Gasteiger partial charge in [0.2, 0.25) is 0 Å². The van der Waals surface area contributed by atoms with Crippen LogP contribution in [0.1, 0.15) is 0 Å². The number of nitrogens with one attached hydrogen (secondary N) is 2. The van der Waals surface area contributed by atoms with Crippen LogP contribution in [0.4, 0.5) is 5.69 Å². The molecule has 1 aromatic rings. The van der Waals surface area contributed by atoms with Gasteiger partial charge in [0.1, 0.15) is 0 Å². The number of anilines is 1. The highest BCUT2D eigenvalue weighted by molar-refractivity contribution is 6.30. The van der Waals surface area contributed by atoms with Crippen LogP contribution in [0, 0.1) is 0 Å². The SMILES string of the molecule is O=C(NO)C(O)CNc1cccc(Cl)c1. The Kier molecular flexibility index (Phi) is 4.36. The molecule has 82 valence electrons. The second-order valence-electron chi connectivity index (χ2n) is 2.88. The molecule has 0 radical (unpaired) electrons. The fraction of sp³-hybridized carbons (Fsp3) is 0.222. The van der Waals surface area contributed by atoms with Crippen LogP contribution in [0.2, 0.25) is 5.02 Å². The van der Waals surface area contributed by atoms with Crippen molar-refractivity contribution in [2.45, 2.75) is 6.10 Å². The molecule has 0 aliphatic carbocycles. The number of aliphatic hydroxyl groups excluding tert-OH is 1. The molecule has 15 heavy (non-hydrogen) atoms. The summed E-state index contributed by atoms with van der Waals surface area (Å²) in [5, 5.41) is 20.8. The number of hydroxylamine groups is 1. The predicted octanol–water partition coefficient (Wildman–Crippen LogP) is 0.618. The number of aliphatic hydroxyl groups is 1. The molecule has 1 amide bonds. The summed E-state index contributed by atoms with van der Waals surface area (Å²) in [6.07, 6.45) is -1.31. The van der Waals surface area contributed by atoms with Crippen LogP contribution in [-0.4, -0.2) is 28.9 Å². The molecule has 1 rings (SSSR count). The van der Waals surface area contributed by atoms with Crippen LogP contribution in [0.5, 0.6) is 0 Å². The van der Waals surface area contributed by atoms with E-state index in [-0.39, 0.29) is 6.54 Å². The lowest BCUT2D eigenvalue weighted by Gasteiger charge is -2.10. The van der Waals surface area contributed by atoms with Crippen LogP contribution in [0.25, 0.3) is 0 Å². The van der Waals surface area contributed by atoms with Crippen molar-refractivity contribution < 1.29 is 15.1 Å². The zero-order valence-electron chi connectivity index (χ0n) is 7.77. The molecular formula is C9H11ClN2O3. The van der Waals surface area contributed by atoms with Crippen molar-refractivity contribution in [1.29, 1.82) is 0 Å². The van der Waals surface area contributed by atoms with Gasteiger partial charge in [-0.25, -0.2) is 5.48 Å². The molecule has 0 spiro atoms. The number of rotatable bonds is 4. The molecule has 0 aliphatic heterocycles. The van der Waals surface area contributed by atoms with Gasteiger partial charge >= 0.3 is 0 Å². The summed E-state index contributed by atoms with van der Waals surface area (Å²) in [7, 11) is 0. The van der Waals surface area contributed by atoms with Gasteiger partial charge in [0.15, 0.2) is 6.10 Å². The second-order valence-corrected chi connectivity index (χ2v) is 3.32. The van der Waals surface area contributed by atoms with E-state index in [2.05, 4.69) is 5.32 Å². The van der Waals surface area contributed by atoms with E-state index < -0.39 is 12.0 Å². The molecule has 0 fully saturated rings. The molecule has 0 saturated heterocycles. The molecule has 4 N–H and O–H groups in total. The Bertz CT molecular complexity index is 346. The van der Waals surface area contributed by atoms with E-state index in [0.29, 0.717) is 10.7 Å². The molecule has 0 heterocycles. The molecule has 6 heteroatoms. The number of hydrogen-bond acceptors (Lipinski definition) is 4. The summed E-state index contributed by atoms with van der Waals surface area (Å²) < 4.78 is 0. The van der Waals surface area contributed by atoms with Gasteiger partial charge in [-0.2, -0.15) is 0 Å². The first kappa shape index (κ1) is 11.8. The highest BCUT2D eigenvalue weighted by atomic mass is 35.5. The topological polar surface area (TPSA) is 81.6 Å². The first-order valence-corrected chi connectivity index (χ1v) is 4.62. The minimum atomic E-state index is -1.31. The molecule has 0 aliphatic rings. The summed E-state index contributed by atoms with van der Waals surface area (Å²) in [5.41, 5.74) is 2.04. The van der Waals surface area contributed by atoms with Gasteiger partial charge in [-0.15, -0.1) is 0 Å². The maximum atomic E-state index is 10.7. The Morgan fingerprint density at radius 3 is 2.87 bits per heavy atom. The summed E-state index contributed by atoms with van der Waals surface area (Å²) in [4.78, 5) is 10.7. The lowest BCUT2D eigenvalue weighted by atomic mass is 10.3. The standard InChI is InChI=1S/C9H11ClN2O3/c10-6-2-1-3-7(4-6)11-5-8(13)9(14)12-15/h1-4,8,11,13,15H,5H2,(H,12,14). The third-order valence-electron chi connectivity index (χ3n) is 1.74. The van der Waals surface area contributed by atoms with Gasteiger partial charge in [-0.1, -0.05) is 17.7 Å². The van der Waals surface area contributed by atoms with Gasteiger partial charge < -0.3 is 10.4 Å². The Balaban J connectivity index is 2.47. The molecule has 5 nitrogen and oxygen atoms in total. The smallest absolute Gasteiger partial charge is 0.273 e. The van der Waals surface area contributed by atoms with Crippen LogP contribution in [-0.2, 0) is 4.79 Å². The largest absolute Gasteiger partial charge is 0.382 e. The van der Waals surface area contributed by atoms with E-state index in [0.717, 1.165) is 0 Å². The highest BCUT2D eigenvalue weighted by Gasteiger charge is 2.12. The van der Waals surface area contributed by atoms with Crippen molar-refractivity contribution in [3.05, 3.63) is 29.3 Å². The normalized spacial score (nSPS) is 11.9. The number of carbonyl (C=O) groups is 1. The number of benzene rings is 1. The quantitative estimate of drug-likeness (QED) is 0.452. The van der Waals surface area contributed by atoms with Crippen molar-refractivity contribution in [2.24, 2.45) is 0 Å². The fourth-order valence-electron chi connectivity index (χ4n) is 0.980. The first-order chi connectivity index (χ1) is 7.13. The van der Waals surface area contributed by atoms with Gasteiger partial charge in [-0.3, -0.25) is 10.0 Å². The maximum Gasteiger partial charge on any atom is 0.273 e. The Morgan fingerprint density at radius 1 is 1.53 bits per heavy atom. The first-order valence-electron chi connectivity index (χ1n) is 4.25. The summed E-state index contributed by atoms with van der Waals surface area (Å²) in [6.45, 7) is -0.00721. The van der Waals surface area contributed by atoms with E-state index in [1.54, 1.807) is 24.3 Å². The number of carbonyl (C=O) groups excluding carboxylic acids is 1. The molecule has 1 atom stereocenters. The Hall–Kier alpha value is -1.30. The minimum Gasteiger partial charge on any atom is -0.382 e. The van der Waals surface area contributed by atoms with E-state index in [9.17, 15) is 9.90 Å². The molecule has 0 bridgehead atoms. The molecular weight excluding hydrogens is 220 g/mol. The molecule has 1 unspecified atom stereocenters. The Morgan fingerprint density at radius 2 is 2.27 bits per heavy atom. The third-order valence-corrected chi connectivity index (χ3v) is 1.97. The van der Waals surface area contributed by atoms with E-state index in [1.165, 1.54) is 5.48 Å². The van der Waals surface area contributed by atoms with Gasteiger partial charge in [0.25, 0.3) is 5.91 Å². The zero-order valence-corrected chi connectivity index (χ0v) is 8.53. The Labute approximate surface area is 91.6 Å². The summed E-state index contributed by atoms with van der Waals surface area (Å²) >= 11 is 5.73. The van der Waals surface area contributed by atoms with Crippen molar-refractivity contribution in [3.8, 4) is 0 Å². The minimum absolute atomic E-state index is 0.00721. The molecule has 0 aromatic heterocycles. The van der Waals surface area contributed by atoms with Crippen LogP contribution in [0.3, 0.4) is 0 Å². The second kappa shape index (κ2) is 5.55. The zero-order chi connectivity index (χ0) is 11.3. The lowest BCUT2D eigenvalue weighted by Crippen LogP contribution is -2.37.